The van der Waals surface area contributed by atoms with Gasteiger partial charge >= 0.3 is 5.97 Å². The zero-order valence-corrected chi connectivity index (χ0v) is 10.9. The summed E-state index contributed by atoms with van der Waals surface area (Å²) >= 11 is 0. The highest BCUT2D eigenvalue weighted by Crippen LogP contribution is 2.59. The molecule has 18 heavy (non-hydrogen) atoms. The van der Waals surface area contributed by atoms with Crippen molar-refractivity contribution in [1.82, 2.24) is 0 Å². The molecule has 1 saturated carbocycles. The predicted octanol–water partition coefficient (Wildman–Crippen LogP) is 3.03. The molecular weight excluding hydrogens is 226 g/mol. The molecule has 1 aliphatic carbocycles. The lowest BCUT2D eigenvalue weighted by Crippen LogP contribution is -2.29. The van der Waals surface area contributed by atoms with Crippen LogP contribution < -0.4 is 0 Å². The van der Waals surface area contributed by atoms with Crippen molar-refractivity contribution < 1.29 is 9.53 Å². The molecule has 0 heterocycles. The number of nitriles is 1. The number of esters is 1. The fourth-order valence-corrected chi connectivity index (χ4v) is 2.11. The van der Waals surface area contributed by atoms with E-state index in [1.807, 2.05) is 51.1 Å². The number of benzene rings is 1. The van der Waals surface area contributed by atoms with E-state index in [9.17, 15) is 10.1 Å². The summed E-state index contributed by atoms with van der Waals surface area (Å²) in [5, 5.41) is 9.30. The van der Waals surface area contributed by atoms with E-state index in [4.69, 9.17) is 4.74 Å². The SMILES string of the molecule is CC(C)(C)OC(=O)[C@]1(C#N)C[C@H]1c1ccccc1. The zero-order valence-electron chi connectivity index (χ0n) is 10.9. The summed E-state index contributed by atoms with van der Waals surface area (Å²) in [6.45, 7) is 5.45. The number of hydrogen-bond acceptors (Lipinski definition) is 3. The monoisotopic (exact) mass is 243 g/mol. The molecule has 1 fully saturated rings. The van der Waals surface area contributed by atoms with Gasteiger partial charge in [-0.3, -0.25) is 4.79 Å². The minimum absolute atomic E-state index is 0.0291. The first kappa shape index (κ1) is 12.6. The molecule has 0 N–H and O–H groups in total. The Morgan fingerprint density at radius 2 is 2.00 bits per heavy atom. The van der Waals surface area contributed by atoms with Crippen molar-refractivity contribution in [1.29, 1.82) is 5.26 Å². The predicted molar refractivity (Wildman–Crippen MR) is 67.7 cm³/mol. The molecule has 0 aliphatic heterocycles. The number of rotatable bonds is 2. The summed E-state index contributed by atoms with van der Waals surface area (Å²) in [5.41, 5.74) is -0.496. The standard InChI is InChI=1S/C15H17NO2/c1-14(2,3)18-13(17)15(10-16)9-12(15)11-7-5-4-6-8-11/h4-8,12H,9H2,1-3H3/t12-,15-/m0/s1. The van der Waals surface area contributed by atoms with Crippen molar-refractivity contribution in [2.24, 2.45) is 5.41 Å². The van der Waals surface area contributed by atoms with E-state index in [0.29, 0.717) is 6.42 Å². The maximum Gasteiger partial charge on any atom is 0.327 e. The maximum absolute atomic E-state index is 12.1. The molecule has 0 saturated heterocycles. The van der Waals surface area contributed by atoms with Gasteiger partial charge in [0.1, 0.15) is 5.60 Å². The van der Waals surface area contributed by atoms with Crippen LogP contribution in [0.5, 0.6) is 0 Å². The second kappa shape index (κ2) is 4.13. The molecule has 0 spiro atoms. The topological polar surface area (TPSA) is 50.1 Å². The highest BCUT2D eigenvalue weighted by molar-refractivity contribution is 5.86. The van der Waals surface area contributed by atoms with Crippen LogP contribution >= 0.6 is 0 Å². The van der Waals surface area contributed by atoms with Gasteiger partial charge in [-0.05, 0) is 32.8 Å². The van der Waals surface area contributed by atoms with Crippen LogP contribution in [0.2, 0.25) is 0 Å². The summed E-state index contributed by atoms with van der Waals surface area (Å²) < 4.78 is 5.35. The molecule has 0 radical (unpaired) electrons. The number of carbonyl (C=O) groups excluding carboxylic acids is 1. The second-order valence-electron chi connectivity index (χ2n) is 5.75. The Morgan fingerprint density at radius 3 is 2.50 bits per heavy atom. The Morgan fingerprint density at radius 1 is 1.39 bits per heavy atom. The van der Waals surface area contributed by atoms with Crippen LogP contribution in [0.15, 0.2) is 30.3 Å². The first-order valence-corrected chi connectivity index (χ1v) is 6.09. The van der Waals surface area contributed by atoms with Crippen molar-refractivity contribution in [2.45, 2.75) is 38.7 Å². The van der Waals surface area contributed by atoms with Crippen molar-refractivity contribution in [2.75, 3.05) is 0 Å². The highest BCUT2D eigenvalue weighted by Gasteiger charge is 2.63. The van der Waals surface area contributed by atoms with Crippen LogP contribution in [0.3, 0.4) is 0 Å². The van der Waals surface area contributed by atoms with Crippen LogP contribution in [-0.4, -0.2) is 11.6 Å². The number of nitrogens with zero attached hydrogens (tertiary/aromatic N) is 1. The van der Waals surface area contributed by atoms with Crippen molar-refractivity contribution in [3.05, 3.63) is 35.9 Å². The van der Waals surface area contributed by atoms with E-state index in [2.05, 4.69) is 6.07 Å². The number of ether oxygens (including phenoxy) is 1. The minimum atomic E-state index is -0.978. The molecular formula is C15H17NO2. The minimum Gasteiger partial charge on any atom is -0.459 e. The van der Waals surface area contributed by atoms with Crippen molar-refractivity contribution in [3.8, 4) is 6.07 Å². The lowest BCUT2D eigenvalue weighted by Gasteiger charge is -2.21. The molecule has 0 unspecified atom stereocenters. The van der Waals surface area contributed by atoms with Gasteiger partial charge in [-0.25, -0.2) is 0 Å². The molecule has 2 rings (SSSR count). The number of carbonyl (C=O) groups is 1. The molecule has 94 valence electrons. The molecule has 0 bridgehead atoms. The van der Waals surface area contributed by atoms with Crippen LogP contribution in [0, 0.1) is 16.7 Å². The Hall–Kier alpha value is -1.82. The summed E-state index contributed by atoms with van der Waals surface area (Å²) in [7, 11) is 0. The van der Waals surface area contributed by atoms with Crippen LogP contribution in [-0.2, 0) is 9.53 Å². The molecule has 1 aromatic carbocycles. The third-order valence-corrected chi connectivity index (χ3v) is 3.13. The van der Waals surface area contributed by atoms with Gasteiger partial charge in [0.15, 0.2) is 5.41 Å². The van der Waals surface area contributed by atoms with Gasteiger partial charge in [0.2, 0.25) is 0 Å². The summed E-state index contributed by atoms with van der Waals surface area (Å²) in [5.74, 6) is -0.426. The van der Waals surface area contributed by atoms with Crippen LogP contribution in [0.4, 0.5) is 0 Å². The number of hydrogen-bond donors (Lipinski definition) is 0. The zero-order chi connectivity index (χ0) is 13.4. The molecule has 1 aromatic rings. The van der Waals surface area contributed by atoms with E-state index >= 15 is 0 Å². The molecule has 0 aromatic heterocycles. The summed E-state index contributed by atoms with van der Waals surface area (Å²) in [6, 6.07) is 11.8. The fraction of sp³-hybridized carbons (Fsp3) is 0.467. The smallest absolute Gasteiger partial charge is 0.327 e. The molecule has 3 nitrogen and oxygen atoms in total. The Bertz CT molecular complexity index is 495. The largest absolute Gasteiger partial charge is 0.459 e. The molecule has 3 heteroatoms. The Labute approximate surface area is 107 Å². The molecule has 2 atom stereocenters. The first-order valence-electron chi connectivity index (χ1n) is 6.09. The highest BCUT2D eigenvalue weighted by atomic mass is 16.6. The van der Waals surface area contributed by atoms with Gasteiger partial charge in [-0.1, -0.05) is 30.3 Å². The lowest BCUT2D eigenvalue weighted by molar-refractivity contribution is -0.159. The van der Waals surface area contributed by atoms with E-state index in [1.165, 1.54) is 0 Å². The fourth-order valence-electron chi connectivity index (χ4n) is 2.11. The van der Waals surface area contributed by atoms with E-state index in [0.717, 1.165) is 5.56 Å². The first-order chi connectivity index (χ1) is 8.39. The third kappa shape index (κ3) is 2.24. The third-order valence-electron chi connectivity index (χ3n) is 3.13. The average Bonchev–Trinajstić information content (AvgIpc) is 3.04. The van der Waals surface area contributed by atoms with Gasteiger partial charge in [-0.15, -0.1) is 0 Å². The van der Waals surface area contributed by atoms with Gasteiger partial charge < -0.3 is 4.74 Å². The van der Waals surface area contributed by atoms with Crippen LogP contribution in [0.1, 0.15) is 38.7 Å². The van der Waals surface area contributed by atoms with Gasteiger partial charge in [0, 0.05) is 5.92 Å². The van der Waals surface area contributed by atoms with Crippen molar-refractivity contribution >= 4 is 5.97 Å². The van der Waals surface area contributed by atoms with Gasteiger partial charge in [0.25, 0.3) is 0 Å². The van der Waals surface area contributed by atoms with Crippen LogP contribution in [0.25, 0.3) is 0 Å². The average molecular weight is 243 g/mol. The van der Waals surface area contributed by atoms with E-state index in [1.54, 1.807) is 0 Å². The quantitative estimate of drug-likeness (QED) is 0.750. The maximum atomic E-state index is 12.1. The molecule has 0 amide bonds. The summed E-state index contributed by atoms with van der Waals surface area (Å²) in [4.78, 5) is 12.1. The van der Waals surface area contributed by atoms with E-state index < -0.39 is 17.0 Å². The Balaban J connectivity index is 2.17. The van der Waals surface area contributed by atoms with E-state index in [-0.39, 0.29) is 5.92 Å². The van der Waals surface area contributed by atoms with Crippen molar-refractivity contribution in [3.63, 3.8) is 0 Å². The summed E-state index contributed by atoms with van der Waals surface area (Å²) in [6.07, 6.45) is 0.558. The lowest BCUT2D eigenvalue weighted by atomic mass is 10.0. The Kier molecular flexibility index (Phi) is 2.90. The second-order valence-corrected chi connectivity index (χ2v) is 5.75. The normalized spacial score (nSPS) is 26.2. The molecule has 1 aliphatic rings. The van der Waals surface area contributed by atoms with Gasteiger partial charge in [-0.2, -0.15) is 5.26 Å². The van der Waals surface area contributed by atoms with Gasteiger partial charge in [0.05, 0.1) is 6.07 Å².